The maximum Gasteiger partial charge on any atom is 0.573 e. The van der Waals surface area contributed by atoms with Crippen molar-refractivity contribution in [2.75, 3.05) is 5.32 Å². The minimum absolute atomic E-state index is 0.331. The van der Waals surface area contributed by atoms with E-state index in [2.05, 4.69) is 32.6 Å². The Hall–Kier alpha value is -1.77. The van der Waals surface area contributed by atoms with Gasteiger partial charge in [-0.25, -0.2) is 0 Å². The number of carbonyl (C=O) groups excluding carboxylic acids is 1. The molecule has 7 heteroatoms. The molecule has 116 valence electrons. The second kappa shape index (κ2) is 6.55. The van der Waals surface area contributed by atoms with Crippen LogP contribution in [0, 0.1) is 10.5 Å². The van der Waals surface area contributed by atoms with E-state index in [1.807, 2.05) is 13.0 Å². The molecule has 0 spiro atoms. The molecule has 22 heavy (non-hydrogen) atoms. The van der Waals surface area contributed by atoms with E-state index < -0.39 is 6.36 Å². The Morgan fingerprint density at radius 3 is 2.32 bits per heavy atom. The molecule has 0 saturated heterocycles. The summed E-state index contributed by atoms with van der Waals surface area (Å²) < 4.78 is 40.9. The molecule has 1 N–H and O–H groups in total. The second-order valence-electron chi connectivity index (χ2n) is 4.49. The summed E-state index contributed by atoms with van der Waals surface area (Å²) in [6.45, 7) is 1.93. The molecule has 2 rings (SSSR count). The van der Waals surface area contributed by atoms with Gasteiger partial charge in [-0.05, 0) is 71.5 Å². The smallest absolute Gasteiger partial charge is 0.406 e. The normalized spacial score (nSPS) is 11.1. The molecule has 0 bridgehead atoms. The number of hydrogen-bond acceptors (Lipinski definition) is 2. The molecule has 0 unspecified atom stereocenters. The number of benzene rings is 2. The summed E-state index contributed by atoms with van der Waals surface area (Å²) in [5.41, 5.74) is 1.92. The van der Waals surface area contributed by atoms with Gasteiger partial charge in [-0.15, -0.1) is 13.2 Å². The summed E-state index contributed by atoms with van der Waals surface area (Å²) in [6, 6.07) is 10.2. The lowest BCUT2D eigenvalue weighted by Crippen LogP contribution is -2.17. The molecule has 0 aliphatic heterocycles. The van der Waals surface area contributed by atoms with Crippen molar-refractivity contribution in [3.05, 3.63) is 57.2 Å². The maximum atomic E-state index is 12.1. The van der Waals surface area contributed by atoms with Crippen LogP contribution in [-0.4, -0.2) is 12.3 Å². The van der Waals surface area contributed by atoms with E-state index in [1.54, 1.807) is 12.1 Å². The fourth-order valence-electron chi connectivity index (χ4n) is 1.68. The summed E-state index contributed by atoms with van der Waals surface area (Å²) in [7, 11) is 0. The van der Waals surface area contributed by atoms with Gasteiger partial charge in [0.05, 0.1) is 0 Å². The lowest BCUT2D eigenvalue weighted by atomic mass is 10.1. The highest BCUT2D eigenvalue weighted by atomic mass is 127. The minimum atomic E-state index is -4.73. The fourth-order valence-corrected chi connectivity index (χ4v) is 2.19. The fraction of sp³-hybridized carbons (Fsp3) is 0.133. The highest BCUT2D eigenvalue weighted by Gasteiger charge is 2.30. The lowest BCUT2D eigenvalue weighted by molar-refractivity contribution is -0.274. The number of hydrogen-bond donors (Lipinski definition) is 1. The lowest BCUT2D eigenvalue weighted by Gasteiger charge is -2.10. The van der Waals surface area contributed by atoms with Crippen molar-refractivity contribution in [1.82, 2.24) is 0 Å². The highest BCUT2D eigenvalue weighted by molar-refractivity contribution is 14.1. The zero-order chi connectivity index (χ0) is 16.3. The van der Waals surface area contributed by atoms with Gasteiger partial charge in [0.15, 0.2) is 0 Å². The molecule has 0 heterocycles. The van der Waals surface area contributed by atoms with E-state index in [-0.39, 0.29) is 11.7 Å². The monoisotopic (exact) mass is 421 g/mol. The predicted molar refractivity (Wildman–Crippen MR) is 85.0 cm³/mol. The molecule has 3 nitrogen and oxygen atoms in total. The maximum absolute atomic E-state index is 12.1. The topological polar surface area (TPSA) is 38.3 Å². The number of carbonyl (C=O) groups is 1. The van der Waals surface area contributed by atoms with Crippen molar-refractivity contribution in [3.8, 4) is 5.75 Å². The third-order valence-electron chi connectivity index (χ3n) is 2.78. The first-order chi connectivity index (χ1) is 10.2. The summed E-state index contributed by atoms with van der Waals surface area (Å²) in [5, 5.41) is 2.62. The first-order valence-corrected chi connectivity index (χ1v) is 7.26. The Labute approximate surface area is 138 Å². The van der Waals surface area contributed by atoms with E-state index in [0.29, 0.717) is 11.3 Å². The third-order valence-corrected chi connectivity index (χ3v) is 3.94. The van der Waals surface area contributed by atoms with Crippen LogP contribution in [0.3, 0.4) is 0 Å². The largest absolute Gasteiger partial charge is 0.573 e. The van der Waals surface area contributed by atoms with Gasteiger partial charge in [0.1, 0.15) is 5.75 Å². The number of anilines is 1. The van der Waals surface area contributed by atoms with Crippen molar-refractivity contribution in [2.45, 2.75) is 13.3 Å². The Balaban J connectivity index is 2.07. The molecule has 0 aliphatic carbocycles. The van der Waals surface area contributed by atoms with Crippen molar-refractivity contribution in [3.63, 3.8) is 0 Å². The Morgan fingerprint density at radius 2 is 1.77 bits per heavy atom. The Bertz CT molecular complexity index is 684. The standard InChI is InChI=1S/C15H11F3INO2/c1-9-2-3-10(8-13(9)19)14(21)20-11-4-6-12(7-5-11)22-15(16,17)18/h2-8H,1H3,(H,20,21). The van der Waals surface area contributed by atoms with Crippen LogP contribution < -0.4 is 10.1 Å². The summed E-state index contributed by atoms with van der Waals surface area (Å²) in [4.78, 5) is 12.1. The molecule has 0 aromatic heterocycles. The van der Waals surface area contributed by atoms with Crippen LogP contribution in [0.15, 0.2) is 42.5 Å². The van der Waals surface area contributed by atoms with Crippen LogP contribution in [0.4, 0.5) is 18.9 Å². The average molecular weight is 421 g/mol. The van der Waals surface area contributed by atoms with E-state index in [0.717, 1.165) is 21.3 Å². The van der Waals surface area contributed by atoms with Crippen molar-refractivity contribution in [2.24, 2.45) is 0 Å². The summed E-state index contributed by atoms with van der Waals surface area (Å²) >= 11 is 2.13. The molecule has 0 fully saturated rings. The average Bonchev–Trinajstić information content (AvgIpc) is 2.42. The van der Waals surface area contributed by atoms with Gasteiger partial charge in [0, 0.05) is 14.8 Å². The summed E-state index contributed by atoms with van der Waals surface area (Å²) in [5.74, 6) is -0.669. The van der Waals surface area contributed by atoms with Gasteiger partial charge < -0.3 is 10.1 Å². The molecule has 0 radical (unpaired) electrons. The number of rotatable bonds is 3. The zero-order valence-corrected chi connectivity index (χ0v) is 13.5. The van der Waals surface area contributed by atoms with Crippen molar-refractivity contribution >= 4 is 34.2 Å². The van der Waals surface area contributed by atoms with Gasteiger partial charge in [-0.2, -0.15) is 0 Å². The molecular weight excluding hydrogens is 410 g/mol. The number of aryl methyl sites for hydroxylation is 1. The molecular formula is C15H11F3INO2. The van der Waals surface area contributed by atoms with Crippen LogP contribution in [0.5, 0.6) is 5.75 Å². The molecule has 0 aliphatic rings. The number of halogens is 4. The highest BCUT2D eigenvalue weighted by Crippen LogP contribution is 2.24. The number of ether oxygens (including phenoxy) is 1. The first kappa shape index (κ1) is 16.6. The Morgan fingerprint density at radius 1 is 1.14 bits per heavy atom. The quantitative estimate of drug-likeness (QED) is 0.727. The second-order valence-corrected chi connectivity index (χ2v) is 5.65. The minimum Gasteiger partial charge on any atom is -0.406 e. The summed E-state index contributed by atoms with van der Waals surface area (Å²) in [6.07, 6.45) is -4.73. The predicted octanol–water partition coefficient (Wildman–Crippen LogP) is 4.75. The van der Waals surface area contributed by atoms with Crippen LogP contribution in [0.1, 0.15) is 15.9 Å². The van der Waals surface area contributed by atoms with E-state index >= 15 is 0 Å². The van der Waals surface area contributed by atoms with Crippen LogP contribution >= 0.6 is 22.6 Å². The van der Waals surface area contributed by atoms with E-state index in [9.17, 15) is 18.0 Å². The zero-order valence-electron chi connectivity index (χ0n) is 11.4. The number of alkyl halides is 3. The van der Waals surface area contributed by atoms with Gasteiger partial charge in [0.25, 0.3) is 5.91 Å². The van der Waals surface area contributed by atoms with E-state index in [1.165, 1.54) is 12.1 Å². The van der Waals surface area contributed by atoms with Crippen molar-refractivity contribution < 1.29 is 22.7 Å². The number of nitrogens with one attached hydrogen (secondary N) is 1. The molecule has 1 amide bonds. The van der Waals surface area contributed by atoms with Gasteiger partial charge in [-0.1, -0.05) is 6.07 Å². The Kier molecular flexibility index (Phi) is 4.94. The van der Waals surface area contributed by atoms with Crippen LogP contribution in [-0.2, 0) is 0 Å². The molecule has 0 atom stereocenters. The first-order valence-electron chi connectivity index (χ1n) is 6.18. The van der Waals surface area contributed by atoms with Gasteiger partial charge in [-0.3, -0.25) is 4.79 Å². The van der Waals surface area contributed by atoms with Gasteiger partial charge in [0.2, 0.25) is 0 Å². The molecule has 2 aromatic rings. The number of amides is 1. The van der Waals surface area contributed by atoms with Crippen LogP contribution in [0.25, 0.3) is 0 Å². The third kappa shape index (κ3) is 4.62. The molecule has 0 saturated carbocycles. The molecule has 2 aromatic carbocycles. The van der Waals surface area contributed by atoms with Gasteiger partial charge >= 0.3 is 6.36 Å². The van der Waals surface area contributed by atoms with E-state index in [4.69, 9.17) is 0 Å². The van der Waals surface area contributed by atoms with Crippen molar-refractivity contribution in [1.29, 1.82) is 0 Å². The van der Waals surface area contributed by atoms with Crippen LogP contribution in [0.2, 0.25) is 0 Å². The SMILES string of the molecule is Cc1ccc(C(=O)Nc2ccc(OC(F)(F)F)cc2)cc1I.